The minimum absolute atomic E-state index is 0.0135. The molecule has 0 aliphatic carbocycles. The van der Waals surface area contributed by atoms with Crippen LogP contribution >= 0.6 is 0 Å². The number of benzene rings is 4. The molecule has 7 rings (SSSR count). The Balaban J connectivity index is 1.36. The fraction of sp³-hybridized carbons (Fsp3) is 0.0303. The number of rotatable bonds is 5. The van der Waals surface area contributed by atoms with E-state index in [-0.39, 0.29) is 5.75 Å². The molecule has 4 aromatic carbocycles. The maximum atomic E-state index is 10.6. The minimum Gasteiger partial charge on any atom is -0.503 e. The molecular formula is C33H23N3O3. The van der Waals surface area contributed by atoms with Crippen LogP contribution in [0.1, 0.15) is 0 Å². The number of aromatic hydroxyl groups is 1. The minimum atomic E-state index is -0.0135. The molecule has 3 heterocycles. The lowest BCUT2D eigenvalue weighted by Gasteiger charge is -2.11. The van der Waals surface area contributed by atoms with Crippen molar-refractivity contribution < 1.29 is 14.6 Å². The maximum Gasteiger partial charge on any atom is 0.219 e. The Hall–Kier alpha value is -5.36. The van der Waals surface area contributed by atoms with Gasteiger partial charge >= 0.3 is 0 Å². The van der Waals surface area contributed by atoms with Crippen molar-refractivity contribution in [3.05, 3.63) is 115 Å². The zero-order valence-corrected chi connectivity index (χ0v) is 21.1. The number of hydrogen-bond donors (Lipinski definition) is 1. The number of phenolic OH excluding ortho intramolecular Hbond substituents is 1. The van der Waals surface area contributed by atoms with Crippen molar-refractivity contribution in [3.8, 4) is 40.1 Å². The summed E-state index contributed by atoms with van der Waals surface area (Å²) in [6.07, 6.45) is 1.85. The van der Waals surface area contributed by atoms with Crippen molar-refractivity contribution in [2.75, 3.05) is 7.11 Å². The van der Waals surface area contributed by atoms with Gasteiger partial charge in [-0.05, 0) is 59.7 Å². The molecule has 0 bridgehead atoms. The smallest absolute Gasteiger partial charge is 0.219 e. The molecule has 0 atom stereocenters. The molecule has 0 saturated carbocycles. The summed E-state index contributed by atoms with van der Waals surface area (Å²) in [7, 11) is 1.51. The highest BCUT2D eigenvalue weighted by Gasteiger charge is 2.15. The molecule has 0 fully saturated rings. The van der Waals surface area contributed by atoms with Crippen LogP contribution in [0.4, 0.5) is 0 Å². The molecule has 1 N–H and O–H groups in total. The molecule has 0 spiro atoms. The van der Waals surface area contributed by atoms with Gasteiger partial charge in [0, 0.05) is 34.5 Å². The van der Waals surface area contributed by atoms with Gasteiger partial charge in [-0.3, -0.25) is 4.57 Å². The van der Waals surface area contributed by atoms with E-state index in [1.165, 1.54) is 7.11 Å². The SMILES string of the molecule is COc1ccc2ccc(Oc3ccc4c5ccccc5n(-c5cc(-c6ccccc6)ccn5)c4c3)nc2c1O. The summed E-state index contributed by atoms with van der Waals surface area (Å²) >= 11 is 0. The highest BCUT2D eigenvalue weighted by atomic mass is 16.5. The van der Waals surface area contributed by atoms with Crippen LogP contribution in [0.15, 0.2) is 115 Å². The third kappa shape index (κ3) is 3.90. The predicted molar refractivity (Wildman–Crippen MR) is 154 cm³/mol. The molecule has 0 amide bonds. The highest BCUT2D eigenvalue weighted by Crippen LogP contribution is 2.37. The van der Waals surface area contributed by atoms with E-state index >= 15 is 0 Å². The van der Waals surface area contributed by atoms with Gasteiger partial charge in [0.2, 0.25) is 5.88 Å². The van der Waals surface area contributed by atoms with Crippen LogP contribution in [-0.2, 0) is 0 Å². The molecule has 0 radical (unpaired) electrons. The second kappa shape index (κ2) is 9.19. The number of ether oxygens (including phenoxy) is 2. The van der Waals surface area contributed by atoms with E-state index in [9.17, 15) is 5.11 Å². The van der Waals surface area contributed by atoms with E-state index in [1.807, 2.05) is 66.9 Å². The first-order valence-corrected chi connectivity index (χ1v) is 12.6. The molecule has 188 valence electrons. The number of para-hydroxylation sites is 1. The Labute approximate surface area is 224 Å². The number of phenols is 1. The Morgan fingerprint density at radius 1 is 0.718 bits per heavy atom. The fourth-order valence-electron chi connectivity index (χ4n) is 5.09. The van der Waals surface area contributed by atoms with Gasteiger partial charge in [0.1, 0.15) is 17.1 Å². The third-order valence-corrected chi connectivity index (χ3v) is 6.94. The molecular weight excluding hydrogens is 486 g/mol. The van der Waals surface area contributed by atoms with Crippen LogP contribution in [0.2, 0.25) is 0 Å². The summed E-state index contributed by atoms with van der Waals surface area (Å²) in [6, 6.07) is 36.0. The third-order valence-electron chi connectivity index (χ3n) is 6.94. The Morgan fingerprint density at radius 3 is 2.38 bits per heavy atom. The number of methoxy groups -OCH3 is 1. The van der Waals surface area contributed by atoms with Crippen molar-refractivity contribution in [1.82, 2.24) is 14.5 Å². The van der Waals surface area contributed by atoms with Gasteiger partial charge in [-0.2, -0.15) is 0 Å². The Bertz CT molecular complexity index is 2000. The van der Waals surface area contributed by atoms with Gasteiger partial charge in [-0.1, -0.05) is 48.5 Å². The normalized spacial score (nSPS) is 11.3. The average Bonchev–Trinajstić information content (AvgIpc) is 3.32. The number of aromatic nitrogens is 3. The summed E-state index contributed by atoms with van der Waals surface area (Å²) in [5.41, 5.74) is 4.67. The fourth-order valence-corrected chi connectivity index (χ4v) is 5.09. The van der Waals surface area contributed by atoms with Crippen LogP contribution in [-0.4, -0.2) is 26.8 Å². The van der Waals surface area contributed by atoms with Crippen LogP contribution in [0.5, 0.6) is 23.1 Å². The summed E-state index contributed by atoms with van der Waals surface area (Å²) < 4.78 is 13.6. The maximum absolute atomic E-state index is 10.6. The standard InChI is InChI=1S/C33H23N3O3/c1-38-29-15-11-22-12-16-31(35-32(22)33(29)37)39-24-13-14-26-25-9-5-6-10-27(25)36(28(26)20-24)30-19-23(17-18-34-30)21-7-3-2-4-8-21/h2-20,37H,1H3. The van der Waals surface area contributed by atoms with E-state index in [0.717, 1.165) is 44.1 Å². The molecule has 39 heavy (non-hydrogen) atoms. The van der Waals surface area contributed by atoms with E-state index in [1.54, 1.807) is 12.1 Å². The first kappa shape index (κ1) is 22.8. The summed E-state index contributed by atoms with van der Waals surface area (Å²) in [5.74, 6) is 2.17. The van der Waals surface area contributed by atoms with E-state index in [2.05, 4.69) is 45.9 Å². The molecule has 3 aromatic heterocycles. The second-order valence-corrected chi connectivity index (χ2v) is 9.24. The van der Waals surface area contributed by atoms with Crippen molar-refractivity contribution in [2.45, 2.75) is 0 Å². The monoisotopic (exact) mass is 509 g/mol. The number of pyridine rings is 2. The van der Waals surface area contributed by atoms with Crippen molar-refractivity contribution >= 4 is 32.7 Å². The van der Waals surface area contributed by atoms with Gasteiger partial charge in [-0.15, -0.1) is 0 Å². The molecule has 0 aliphatic heterocycles. The number of nitrogens with zero attached hydrogens (tertiary/aromatic N) is 3. The molecule has 7 aromatic rings. The van der Waals surface area contributed by atoms with Gasteiger partial charge in [0.05, 0.1) is 18.1 Å². The predicted octanol–water partition coefficient (Wildman–Crippen LogP) is 7.90. The topological polar surface area (TPSA) is 69.4 Å². The quantitative estimate of drug-likeness (QED) is 0.255. The molecule has 6 heteroatoms. The van der Waals surface area contributed by atoms with Crippen molar-refractivity contribution in [1.29, 1.82) is 0 Å². The summed E-state index contributed by atoms with van der Waals surface area (Å²) in [6.45, 7) is 0. The first-order chi connectivity index (χ1) is 19.2. The zero-order valence-electron chi connectivity index (χ0n) is 21.1. The molecule has 6 nitrogen and oxygen atoms in total. The lowest BCUT2D eigenvalue weighted by atomic mass is 10.1. The van der Waals surface area contributed by atoms with Crippen LogP contribution in [0.25, 0.3) is 49.7 Å². The van der Waals surface area contributed by atoms with Crippen LogP contribution in [0, 0.1) is 0 Å². The highest BCUT2D eigenvalue weighted by molar-refractivity contribution is 6.09. The molecule has 0 unspecified atom stereocenters. The van der Waals surface area contributed by atoms with Crippen molar-refractivity contribution in [2.24, 2.45) is 0 Å². The molecule has 0 saturated heterocycles. The lowest BCUT2D eigenvalue weighted by Crippen LogP contribution is -1.98. The summed E-state index contributed by atoms with van der Waals surface area (Å²) in [5, 5.41) is 13.6. The second-order valence-electron chi connectivity index (χ2n) is 9.24. The Morgan fingerprint density at radius 2 is 1.51 bits per heavy atom. The van der Waals surface area contributed by atoms with Gasteiger partial charge < -0.3 is 14.6 Å². The van der Waals surface area contributed by atoms with Crippen LogP contribution in [0.3, 0.4) is 0 Å². The number of fused-ring (bicyclic) bond motifs is 4. The number of hydrogen-bond acceptors (Lipinski definition) is 5. The van der Waals surface area contributed by atoms with E-state index in [4.69, 9.17) is 14.5 Å². The Kier molecular flexibility index (Phi) is 5.37. The largest absolute Gasteiger partial charge is 0.503 e. The van der Waals surface area contributed by atoms with Gasteiger partial charge in [0.25, 0.3) is 0 Å². The zero-order chi connectivity index (χ0) is 26.3. The van der Waals surface area contributed by atoms with Gasteiger partial charge in [0.15, 0.2) is 11.5 Å². The lowest BCUT2D eigenvalue weighted by molar-refractivity contribution is 0.375. The van der Waals surface area contributed by atoms with E-state index < -0.39 is 0 Å². The first-order valence-electron chi connectivity index (χ1n) is 12.6. The van der Waals surface area contributed by atoms with Crippen LogP contribution < -0.4 is 9.47 Å². The summed E-state index contributed by atoms with van der Waals surface area (Å²) in [4.78, 5) is 9.31. The van der Waals surface area contributed by atoms with Gasteiger partial charge in [-0.25, -0.2) is 9.97 Å². The molecule has 0 aliphatic rings. The average molecular weight is 510 g/mol. The van der Waals surface area contributed by atoms with E-state index in [0.29, 0.717) is 22.9 Å². The van der Waals surface area contributed by atoms with Crippen molar-refractivity contribution in [3.63, 3.8) is 0 Å².